The van der Waals surface area contributed by atoms with Gasteiger partial charge in [0.15, 0.2) is 0 Å². The van der Waals surface area contributed by atoms with Gasteiger partial charge < -0.3 is 10.6 Å². The van der Waals surface area contributed by atoms with Crippen LogP contribution in [0.25, 0.3) is 0 Å². The third kappa shape index (κ3) is 4.18. The summed E-state index contributed by atoms with van der Waals surface area (Å²) in [6.45, 7) is 2.60. The molecule has 0 fully saturated rings. The summed E-state index contributed by atoms with van der Waals surface area (Å²) in [4.78, 5) is 20.2. The third-order valence-corrected chi connectivity index (χ3v) is 3.79. The standard InChI is InChI=1S/C19H16F2N4O/c1-12-4-2-3-5-13(12)9-23-18-11-22-17(10-24-18)19(26)25-16-7-6-14(20)8-15(16)21/h2-8,10-11H,9H2,1H3,(H,23,24)(H,25,26). The molecule has 26 heavy (non-hydrogen) atoms. The second-order valence-electron chi connectivity index (χ2n) is 5.65. The lowest BCUT2D eigenvalue weighted by Gasteiger charge is -2.09. The fourth-order valence-corrected chi connectivity index (χ4v) is 2.31. The van der Waals surface area contributed by atoms with E-state index in [1.54, 1.807) is 0 Å². The van der Waals surface area contributed by atoms with E-state index in [2.05, 4.69) is 20.6 Å². The van der Waals surface area contributed by atoms with Crippen LogP contribution in [-0.4, -0.2) is 15.9 Å². The number of amides is 1. The summed E-state index contributed by atoms with van der Waals surface area (Å²) >= 11 is 0. The Morgan fingerprint density at radius 2 is 1.88 bits per heavy atom. The van der Waals surface area contributed by atoms with Gasteiger partial charge in [-0.1, -0.05) is 24.3 Å². The maximum absolute atomic E-state index is 13.6. The van der Waals surface area contributed by atoms with Gasteiger partial charge in [0.05, 0.1) is 18.1 Å². The summed E-state index contributed by atoms with van der Waals surface area (Å²) in [7, 11) is 0. The molecule has 5 nitrogen and oxygen atoms in total. The van der Waals surface area contributed by atoms with Gasteiger partial charge in [-0.25, -0.2) is 18.7 Å². The Morgan fingerprint density at radius 3 is 2.58 bits per heavy atom. The quantitative estimate of drug-likeness (QED) is 0.729. The Bertz CT molecular complexity index is 929. The van der Waals surface area contributed by atoms with Crippen molar-refractivity contribution in [3.05, 3.63) is 83.3 Å². The first-order valence-corrected chi connectivity index (χ1v) is 7.90. The highest BCUT2D eigenvalue weighted by atomic mass is 19.1. The lowest BCUT2D eigenvalue weighted by Crippen LogP contribution is -2.15. The molecule has 1 heterocycles. The monoisotopic (exact) mass is 354 g/mol. The second-order valence-corrected chi connectivity index (χ2v) is 5.65. The van der Waals surface area contributed by atoms with Crippen molar-refractivity contribution < 1.29 is 13.6 Å². The Kier molecular flexibility index (Phi) is 5.17. The first-order valence-electron chi connectivity index (χ1n) is 7.90. The number of aryl methyl sites for hydroxylation is 1. The van der Waals surface area contributed by atoms with Crippen LogP contribution in [0.15, 0.2) is 54.9 Å². The number of anilines is 2. The lowest BCUT2D eigenvalue weighted by molar-refractivity contribution is 0.102. The number of benzene rings is 2. The number of carbonyl (C=O) groups excluding carboxylic acids is 1. The highest BCUT2D eigenvalue weighted by Gasteiger charge is 2.12. The maximum atomic E-state index is 13.6. The second kappa shape index (κ2) is 7.69. The number of nitrogens with zero attached hydrogens (tertiary/aromatic N) is 2. The molecule has 0 bridgehead atoms. The van der Waals surface area contributed by atoms with Crippen molar-refractivity contribution in [3.63, 3.8) is 0 Å². The molecule has 0 atom stereocenters. The zero-order valence-corrected chi connectivity index (χ0v) is 14.0. The zero-order valence-electron chi connectivity index (χ0n) is 14.0. The minimum atomic E-state index is -0.858. The highest BCUT2D eigenvalue weighted by molar-refractivity contribution is 6.02. The topological polar surface area (TPSA) is 66.9 Å². The van der Waals surface area contributed by atoms with Gasteiger partial charge in [-0.3, -0.25) is 4.79 Å². The molecule has 1 aromatic heterocycles. The largest absolute Gasteiger partial charge is 0.365 e. The van der Waals surface area contributed by atoms with Crippen LogP contribution in [0.3, 0.4) is 0 Å². The van der Waals surface area contributed by atoms with Crippen LogP contribution >= 0.6 is 0 Å². The van der Waals surface area contributed by atoms with Gasteiger partial charge in [0.1, 0.15) is 23.1 Å². The number of carbonyl (C=O) groups is 1. The molecule has 0 spiro atoms. The Hall–Kier alpha value is -3.35. The molecule has 132 valence electrons. The maximum Gasteiger partial charge on any atom is 0.275 e. The van der Waals surface area contributed by atoms with Crippen LogP contribution in [0.2, 0.25) is 0 Å². The van der Waals surface area contributed by atoms with E-state index in [-0.39, 0.29) is 11.4 Å². The zero-order chi connectivity index (χ0) is 18.5. The number of hydrogen-bond donors (Lipinski definition) is 2. The lowest BCUT2D eigenvalue weighted by atomic mass is 10.1. The molecule has 0 aliphatic carbocycles. The summed E-state index contributed by atoms with van der Waals surface area (Å²) in [5.41, 5.74) is 2.18. The minimum Gasteiger partial charge on any atom is -0.365 e. The molecule has 7 heteroatoms. The molecule has 0 radical (unpaired) electrons. The Morgan fingerprint density at radius 1 is 1.08 bits per heavy atom. The summed E-state index contributed by atoms with van der Waals surface area (Å²) in [6.07, 6.45) is 2.71. The minimum absolute atomic E-state index is 0.0233. The van der Waals surface area contributed by atoms with Crippen LogP contribution in [-0.2, 0) is 6.54 Å². The summed E-state index contributed by atoms with van der Waals surface area (Å²) in [6, 6.07) is 10.9. The summed E-state index contributed by atoms with van der Waals surface area (Å²) in [5.74, 6) is -1.70. The van der Waals surface area contributed by atoms with Gasteiger partial charge in [0.2, 0.25) is 0 Å². The van der Waals surface area contributed by atoms with E-state index in [9.17, 15) is 13.6 Å². The third-order valence-electron chi connectivity index (χ3n) is 3.79. The Balaban J connectivity index is 1.63. The summed E-state index contributed by atoms with van der Waals surface area (Å²) in [5, 5.41) is 5.46. The van der Waals surface area contributed by atoms with Crippen molar-refractivity contribution in [2.75, 3.05) is 10.6 Å². The van der Waals surface area contributed by atoms with E-state index >= 15 is 0 Å². The van der Waals surface area contributed by atoms with E-state index in [4.69, 9.17) is 0 Å². The molecule has 2 aromatic carbocycles. The Labute approximate surface area is 149 Å². The fourth-order valence-electron chi connectivity index (χ4n) is 2.31. The van der Waals surface area contributed by atoms with E-state index < -0.39 is 17.5 Å². The highest BCUT2D eigenvalue weighted by Crippen LogP contribution is 2.16. The van der Waals surface area contributed by atoms with Crippen molar-refractivity contribution in [2.45, 2.75) is 13.5 Å². The van der Waals surface area contributed by atoms with Gasteiger partial charge >= 0.3 is 0 Å². The van der Waals surface area contributed by atoms with Crippen LogP contribution in [0.1, 0.15) is 21.6 Å². The number of hydrogen-bond acceptors (Lipinski definition) is 4. The first kappa shape index (κ1) is 17.5. The van der Waals surface area contributed by atoms with Gasteiger partial charge in [0.25, 0.3) is 5.91 Å². The van der Waals surface area contributed by atoms with Crippen LogP contribution in [0, 0.1) is 18.6 Å². The van der Waals surface area contributed by atoms with Crippen molar-refractivity contribution >= 4 is 17.4 Å². The average Bonchev–Trinajstić information content (AvgIpc) is 2.64. The molecule has 0 aliphatic heterocycles. The number of rotatable bonds is 5. The van der Waals surface area contributed by atoms with Gasteiger partial charge in [-0.05, 0) is 30.2 Å². The van der Waals surface area contributed by atoms with Crippen molar-refractivity contribution in [3.8, 4) is 0 Å². The molecule has 0 saturated carbocycles. The summed E-state index contributed by atoms with van der Waals surface area (Å²) < 4.78 is 26.5. The smallest absolute Gasteiger partial charge is 0.275 e. The van der Waals surface area contributed by atoms with E-state index in [1.165, 1.54) is 12.4 Å². The average molecular weight is 354 g/mol. The SMILES string of the molecule is Cc1ccccc1CNc1cnc(C(=O)Nc2ccc(F)cc2F)cn1. The number of aromatic nitrogens is 2. The van der Waals surface area contributed by atoms with E-state index in [0.717, 1.165) is 23.3 Å². The molecule has 3 rings (SSSR count). The van der Waals surface area contributed by atoms with E-state index in [1.807, 2.05) is 31.2 Å². The molecular weight excluding hydrogens is 338 g/mol. The molecule has 2 N–H and O–H groups in total. The van der Waals surface area contributed by atoms with Crippen molar-refractivity contribution in [2.24, 2.45) is 0 Å². The first-order chi connectivity index (χ1) is 12.5. The number of nitrogens with one attached hydrogen (secondary N) is 2. The predicted molar refractivity (Wildman–Crippen MR) is 94.8 cm³/mol. The van der Waals surface area contributed by atoms with E-state index in [0.29, 0.717) is 18.4 Å². The van der Waals surface area contributed by atoms with Crippen LogP contribution in [0.5, 0.6) is 0 Å². The molecule has 0 aliphatic rings. The molecule has 0 unspecified atom stereocenters. The number of halogens is 2. The van der Waals surface area contributed by atoms with Gasteiger partial charge in [-0.15, -0.1) is 0 Å². The molecule has 1 amide bonds. The van der Waals surface area contributed by atoms with Crippen molar-refractivity contribution in [1.29, 1.82) is 0 Å². The molecule has 0 saturated heterocycles. The normalized spacial score (nSPS) is 10.4. The molecular formula is C19H16F2N4O. The van der Waals surface area contributed by atoms with Crippen LogP contribution in [0.4, 0.5) is 20.3 Å². The van der Waals surface area contributed by atoms with Gasteiger partial charge in [0, 0.05) is 12.6 Å². The molecule has 3 aromatic rings. The van der Waals surface area contributed by atoms with Gasteiger partial charge in [-0.2, -0.15) is 0 Å². The predicted octanol–water partition coefficient (Wildman–Crippen LogP) is 3.93. The fraction of sp³-hybridized carbons (Fsp3) is 0.105. The van der Waals surface area contributed by atoms with Crippen molar-refractivity contribution in [1.82, 2.24) is 9.97 Å². The van der Waals surface area contributed by atoms with Crippen LogP contribution < -0.4 is 10.6 Å².